The average molecular weight is 376 g/mol. The van der Waals surface area contributed by atoms with Crippen LogP contribution in [0.3, 0.4) is 0 Å². The number of imide groups is 1. The monoisotopic (exact) mass is 375 g/mol. The van der Waals surface area contributed by atoms with Crippen molar-refractivity contribution >= 4 is 17.8 Å². The van der Waals surface area contributed by atoms with Crippen LogP contribution in [0.15, 0.2) is 0 Å². The van der Waals surface area contributed by atoms with Crippen LogP contribution in [0.1, 0.15) is 72.1 Å². The molecule has 27 heavy (non-hydrogen) atoms. The minimum atomic E-state index is -0.778. The Labute approximate surface area is 162 Å². The fraction of sp³-hybridized carbons (Fsp3) is 0.857. The molecule has 4 amide bonds. The predicted molar refractivity (Wildman–Crippen MR) is 102 cm³/mol. The van der Waals surface area contributed by atoms with Gasteiger partial charge in [0.25, 0.3) is 5.91 Å². The number of hydrogen-bond acceptors (Lipinski definition) is 3. The van der Waals surface area contributed by atoms with Gasteiger partial charge in [-0.15, -0.1) is 0 Å². The highest BCUT2D eigenvalue weighted by atomic mass is 16.2. The van der Waals surface area contributed by atoms with E-state index in [1.54, 1.807) is 0 Å². The van der Waals surface area contributed by atoms with Gasteiger partial charge in [-0.1, -0.05) is 20.8 Å². The molecule has 0 aromatic carbocycles. The molecule has 3 saturated carbocycles. The van der Waals surface area contributed by atoms with Crippen LogP contribution in [-0.2, 0) is 9.59 Å². The lowest BCUT2D eigenvalue weighted by atomic mass is 9.67. The number of nitrogens with zero attached hydrogens (tertiary/aromatic N) is 2. The van der Waals surface area contributed by atoms with Crippen LogP contribution in [-0.4, -0.2) is 52.3 Å². The van der Waals surface area contributed by atoms with E-state index in [1.807, 2.05) is 4.90 Å². The van der Waals surface area contributed by atoms with Crippen molar-refractivity contribution in [3.8, 4) is 0 Å². The van der Waals surface area contributed by atoms with E-state index in [0.29, 0.717) is 30.7 Å². The number of hydrogen-bond donors (Lipinski definition) is 1. The number of rotatable bonds is 5. The highest BCUT2D eigenvalue weighted by molar-refractivity contribution is 6.09. The molecule has 0 bridgehead atoms. The zero-order valence-corrected chi connectivity index (χ0v) is 16.9. The van der Waals surface area contributed by atoms with Crippen molar-refractivity contribution < 1.29 is 14.4 Å². The number of carbonyl (C=O) groups excluding carboxylic acids is 3. The Hall–Kier alpha value is -1.59. The molecule has 0 aromatic rings. The molecule has 6 heteroatoms. The summed E-state index contributed by atoms with van der Waals surface area (Å²) in [6.45, 7) is 7.41. The van der Waals surface area contributed by atoms with E-state index in [-0.39, 0.29) is 29.8 Å². The first-order chi connectivity index (χ1) is 12.7. The molecule has 4 aliphatic rings. The van der Waals surface area contributed by atoms with Crippen molar-refractivity contribution in [3.05, 3.63) is 0 Å². The summed E-state index contributed by atoms with van der Waals surface area (Å²) in [5, 5.41) is 2.95. The minimum Gasteiger partial charge on any atom is -0.338 e. The van der Waals surface area contributed by atoms with E-state index >= 15 is 0 Å². The van der Waals surface area contributed by atoms with Crippen LogP contribution in [0.4, 0.5) is 4.79 Å². The first-order valence-corrected chi connectivity index (χ1v) is 10.6. The summed E-state index contributed by atoms with van der Waals surface area (Å²) in [6, 6.07) is -0.0558. The second-order valence-corrected chi connectivity index (χ2v) is 10.3. The second-order valence-electron chi connectivity index (χ2n) is 10.3. The molecule has 1 N–H and O–H groups in total. The van der Waals surface area contributed by atoms with Gasteiger partial charge in [0, 0.05) is 12.6 Å². The van der Waals surface area contributed by atoms with Crippen molar-refractivity contribution in [2.75, 3.05) is 13.1 Å². The largest absolute Gasteiger partial charge is 0.338 e. The zero-order valence-electron chi connectivity index (χ0n) is 16.9. The number of carbonyl (C=O) groups is 3. The normalized spacial score (nSPS) is 31.4. The molecule has 0 atom stereocenters. The molecule has 150 valence electrons. The van der Waals surface area contributed by atoms with Gasteiger partial charge in [-0.25, -0.2) is 4.79 Å². The topological polar surface area (TPSA) is 69.7 Å². The van der Waals surface area contributed by atoms with Crippen molar-refractivity contribution in [3.63, 3.8) is 0 Å². The summed E-state index contributed by atoms with van der Waals surface area (Å²) in [4.78, 5) is 41.6. The Balaban J connectivity index is 1.40. The van der Waals surface area contributed by atoms with Crippen molar-refractivity contribution in [2.45, 2.75) is 83.7 Å². The maximum absolute atomic E-state index is 13.1. The molecule has 1 aliphatic heterocycles. The summed E-state index contributed by atoms with van der Waals surface area (Å²) in [5.74, 6) is 0.938. The van der Waals surface area contributed by atoms with E-state index in [4.69, 9.17) is 0 Å². The minimum absolute atomic E-state index is 0.0617. The van der Waals surface area contributed by atoms with Gasteiger partial charge in [-0.05, 0) is 68.6 Å². The second kappa shape index (κ2) is 6.49. The lowest BCUT2D eigenvalue weighted by Crippen LogP contribution is -2.51. The molecule has 0 unspecified atom stereocenters. The maximum atomic E-state index is 13.1. The van der Waals surface area contributed by atoms with E-state index in [0.717, 1.165) is 32.2 Å². The van der Waals surface area contributed by atoms with Crippen molar-refractivity contribution in [1.29, 1.82) is 0 Å². The number of nitrogens with one attached hydrogen (secondary N) is 1. The predicted octanol–water partition coefficient (Wildman–Crippen LogP) is 2.91. The van der Waals surface area contributed by atoms with Crippen LogP contribution in [0.25, 0.3) is 0 Å². The van der Waals surface area contributed by atoms with E-state index in [1.165, 1.54) is 17.7 Å². The van der Waals surface area contributed by atoms with Gasteiger partial charge in [0.05, 0.1) is 0 Å². The van der Waals surface area contributed by atoms with Gasteiger partial charge in [-0.3, -0.25) is 14.5 Å². The van der Waals surface area contributed by atoms with Crippen molar-refractivity contribution in [1.82, 2.24) is 15.1 Å². The molecule has 1 heterocycles. The molecular weight excluding hydrogens is 342 g/mol. The van der Waals surface area contributed by atoms with Crippen LogP contribution in [0.5, 0.6) is 0 Å². The quantitative estimate of drug-likeness (QED) is 0.751. The molecule has 4 fully saturated rings. The number of amides is 4. The first-order valence-electron chi connectivity index (χ1n) is 10.6. The lowest BCUT2D eigenvalue weighted by Gasteiger charge is -2.40. The van der Waals surface area contributed by atoms with Gasteiger partial charge >= 0.3 is 6.03 Å². The maximum Gasteiger partial charge on any atom is 0.325 e. The van der Waals surface area contributed by atoms with Gasteiger partial charge in [0.2, 0.25) is 5.91 Å². The van der Waals surface area contributed by atoms with E-state index in [2.05, 4.69) is 26.1 Å². The zero-order chi connectivity index (χ0) is 19.4. The van der Waals surface area contributed by atoms with E-state index < -0.39 is 5.54 Å². The standard InChI is InChI=1S/C21H33N3O3/c1-20(2,3)15-8-10-21(11-9-15)18(26)24(19(27)22-21)13-17(25)23(16-6-7-16)12-14-4-5-14/h14-16H,4-13H2,1-3H3,(H,22,27). The van der Waals surface area contributed by atoms with E-state index in [9.17, 15) is 14.4 Å². The van der Waals surface area contributed by atoms with Crippen LogP contribution in [0, 0.1) is 17.3 Å². The van der Waals surface area contributed by atoms with Crippen LogP contribution < -0.4 is 5.32 Å². The smallest absolute Gasteiger partial charge is 0.325 e. The summed E-state index contributed by atoms with van der Waals surface area (Å²) in [6.07, 6.45) is 7.72. The lowest BCUT2D eigenvalue weighted by molar-refractivity contribution is -0.140. The molecule has 4 rings (SSSR count). The third kappa shape index (κ3) is 3.72. The highest BCUT2D eigenvalue weighted by Crippen LogP contribution is 2.43. The fourth-order valence-corrected chi connectivity index (χ4v) is 4.78. The Kier molecular flexibility index (Phi) is 4.51. The third-order valence-electron chi connectivity index (χ3n) is 7.06. The van der Waals surface area contributed by atoms with Gasteiger partial charge in [0.15, 0.2) is 0 Å². The van der Waals surface area contributed by atoms with Gasteiger partial charge in [-0.2, -0.15) is 0 Å². The Morgan fingerprint density at radius 3 is 2.26 bits per heavy atom. The molecule has 1 saturated heterocycles. The molecule has 1 spiro atoms. The molecule has 3 aliphatic carbocycles. The van der Waals surface area contributed by atoms with Crippen molar-refractivity contribution in [2.24, 2.45) is 17.3 Å². The Morgan fingerprint density at radius 2 is 1.74 bits per heavy atom. The Morgan fingerprint density at radius 1 is 1.11 bits per heavy atom. The number of urea groups is 1. The highest BCUT2D eigenvalue weighted by Gasteiger charge is 2.54. The van der Waals surface area contributed by atoms with Gasteiger partial charge < -0.3 is 10.2 Å². The summed E-state index contributed by atoms with van der Waals surface area (Å²) in [5.41, 5.74) is -0.559. The third-order valence-corrected chi connectivity index (χ3v) is 7.06. The molecule has 0 aromatic heterocycles. The molecule has 6 nitrogen and oxygen atoms in total. The fourth-order valence-electron chi connectivity index (χ4n) is 4.78. The SMILES string of the molecule is CC(C)(C)C1CCC2(CC1)NC(=O)N(CC(=O)N(CC1CC1)C1CC1)C2=O. The summed E-state index contributed by atoms with van der Waals surface area (Å²) in [7, 11) is 0. The van der Waals surface area contributed by atoms with Gasteiger partial charge in [0.1, 0.15) is 12.1 Å². The first kappa shape index (κ1) is 18.8. The van der Waals surface area contributed by atoms with Crippen LogP contribution >= 0.6 is 0 Å². The summed E-state index contributed by atoms with van der Waals surface area (Å²) < 4.78 is 0. The molecule has 0 radical (unpaired) electrons. The Bertz CT molecular complexity index is 638. The molecular formula is C21H33N3O3. The average Bonchev–Trinajstić information content (AvgIpc) is 3.49. The van der Waals surface area contributed by atoms with Crippen LogP contribution in [0.2, 0.25) is 0 Å². The summed E-state index contributed by atoms with van der Waals surface area (Å²) >= 11 is 0.